The number of nitrogens with zero attached hydrogens (tertiary/aromatic N) is 2. The minimum Gasteiger partial charge on any atom is -0.408 e. The van der Waals surface area contributed by atoms with E-state index in [1.807, 2.05) is 19.9 Å². The van der Waals surface area contributed by atoms with Crippen molar-refractivity contribution in [2.75, 3.05) is 13.2 Å². The first-order chi connectivity index (χ1) is 10.1. The van der Waals surface area contributed by atoms with Gasteiger partial charge in [-0.2, -0.15) is 0 Å². The van der Waals surface area contributed by atoms with Gasteiger partial charge in [-0.25, -0.2) is 4.79 Å². The van der Waals surface area contributed by atoms with E-state index >= 15 is 0 Å². The fourth-order valence-corrected chi connectivity index (χ4v) is 2.64. The highest BCUT2D eigenvalue weighted by Crippen LogP contribution is 2.15. The molecule has 1 fully saturated rings. The molecular weight excluding hydrogens is 272 g/mol. The predicted octanol–water partition coefficient (Wildman–Crippen LogP) is 1.23. The Bertz CT molecular complexity index is 718. The van der Waals surface area contributed by atoms with Gasteiger partial charge in [0.1, 0.15) is 6.54 Å². The lowest BCUT2D eigenvalue weighted by molar-refractivity contribution is -0.143. The molecular formula is C15H18N2O4. The van der Waals surface area contributed by atoms with Gasteiger partial charge in [0.2, 0.25) is 5.91 Å². The summed E-state index contributed by atoms with van der Waals surface area (Å²) in [6.07, 6.45) is 0.0166. The summed E-state index contributed by atoms with van der Waals surface area (Å²) in [5.74, 6) is -0.593. The van der Waals surface area contributed by atoms with Crippen molar-refractivity contribution in [1.29, 1.82) is 0 Å². The highest BCUT2D eigenvalue weighted by Gasteiger charge is 2.28. The first kappa shape index (κ1) is 13.9. The van der Waals surface area contributed by atoms with Gasteiger partial charge in [0, 0.05) is 6.54 Å². The third-order valence-electron chi connectivity index (χ3n) is 3.80. The quantitative estimate of drug-likeness (QED) is 0.834. The third kappa shape index (κ3) is 2.58. The Morgan fingerprint density at radius 1 is 1.33 bits per heavy atom. The molecule has 1 aliphatic heterocycles. The maximum Gasteiger partial charge on any atom is 0.420 e. The molecule has 0 radical (unpaired) electrons. The molecule has 2 heterocycles. The summed E-state index contributed by atoms with van der Waals surface area (Å²) < 4.78 is 12.0. The zero-order chi connectivity index (χ0) is 15.0. The second-order valence-electron chi connectivity index (χ2n) is 5.46. The first-order valence-corrected chi connectivity index (χ1v) is 7.05. The predicted molar refractivity (Wildman–Crippen MR) is 77.1 cm³/mol. The Kier molecular flexibility index (Phi) is 3.55. The van der Waals surface area contributed by atoms with Crippen LogP contribution in [0.25, 0.3) is 11.1 Å². The summed E-state index contributed by atoms with van der Waals surface area (Å²) in [7, 11) is 0. The van der Waals surface area contributed by atoms with Crippen molar-refractivity contribution in [2.24, 2.45) is 0 Å². The van der Waals surface area contributed by atoms with Crippen molar-refractivity contribution in [3.63, 3.8) is 0 Å². The topological polar surface area (TPSA) is 64.7 Å². The molecule has 21 heavy (non-hydrogen) atoms. The number of ether oxygens (including phenoxy) is 1. The first-order valence-electron chi connectivity index (χ1n) is 7.05. The van der Waals surface area contributed by atoms with Crippen molar-refractivity contribution >= 4 is 17.0 Å². The summed E-state index contributed by atoms with van der Waals surface area (Å²) in [5.41, 5.74) is 1.14. The lowest BCUT2D eigenvalue weighted by Crippen LogP contribution is -2.51. The number of aromatic nitrogens is 1. The van der Waals surface area contributed by atoms with E-state index < -0.39 is 5.76 Å². The number of fused-ring (bicyclic) bond motifs is 1. The number of carbonyl (C=O) groups is 1. The molecule has 0 N–H and O–H groups in total. The molecule has 2 aromatic rings. The van der Waals surface area contributed by atoms with Gasteiger partial charge in [0.05, 0.1) is 24.3 Å². The summed E-state index contributed by atoms with van der Waals surface area (Å²) in [6, 6.07) is 7.12. The molecule has 0 saturated carbocycles. The number of amides is 1. The Labute approximate surface area is 121 Å². The molecule has 1 amide bonds. The number of oxazole rings is 1. The number of hydrogen-bond donors (Lipinski definition) is 0. The van der Waals surface area contributed by atoms with E-state index in [0.29, 0.717) is 24.3 Å². The van der Waals surface area contributed by atoms with Gasteiger partial charge in [-0.05, 0) is 26.0 Å². The molecule has 3 rings (SSSR count). The van der Waals surface area contributed by atoms with Crippen LogP contribution in [0.2, 0.25) is 0 Å². The second-order valence-corrected chi connectivity index (χ2v) is 5.46. The third-order valence-corrected chi connectivity index (χ3v) is 3.80. The normalized spacial score (nSPS) is 22.7. The Morgan fingerprint density at radius 2 is 2.10 bits per heavy atom. The van der Waals surface area contributed by atoms with Crippen molar-refractivity contribution in [1.82, 2.24) is 9.47 Å². The van der Waals surface area contributed by atoms with E-state index in [0.717, 1.165) is 0 Å². The Balaban J connectivity index is 1.86. The Hall–Kier alpha value is -2.08. The molecule has 6 nitrogen and oxygen atoms in total. The average molecular weight is 290 g/mol. The molecule has 6 heteroatoms. The summed E-state index contributed by atoms with van der Waals surface area (Å²) in [4.78, 5) is 26.2. The van der Waals surface area contributed by atoms with Crippen LogP contribution in [0, 0.1) is 0 Å². The zero-order valence-corrected chi connectivity index (χ0v) is 12.1. The van der Waals surface area contributed by atoms with E-state index in [9.17, 15) is 9.59 Å². The van der Waals surface area contributed by atoms with Crippen LogP contribution in [-0.4, -0.2) is 40.7 Å². The smallest absolute Gasteiger partial charge is 0.408 e. The van der Waals surface area contributed by atoms with E-state index in [-0.39, 0.29) is 24.6 Å². The summed E-state index contributed by atoms with van der Waals surface area (Å²) >= 11 is 0. The molecule has 1 aliphatic rings. The summed E-state index contributed by atoms with van der Waals surface area (Å²) in [5, 5.41) is 0. The van der Waals surface area contributed by atoms with Crippen molar-refractivity contribution in [3.8, 4) is 0 Å². The number of rotatable bonds is 2. The minimum absolute atomic E-state index is 0.00704. The monoisotopic (exact) mass is 290 g/mol. The van der Waals surface area contributed by atoms with E-state index in [1.165, 1.54) is 4.57 Å². The van der Waals surface area contributed by atoms with Crippen LogP contribution in [0.15, 0.2) is 33.5 Å². The molecule has 1 aromatic carbocycles. The van der Waals surface area contributed by atoms with E-state index in [2.05, 4.69) is 0 Å². The Morgan fingerprint density at radius 3 is 2.90 bits per heavy atom. The molecule has 112 valence electrons. The molecule has 1 saturated heterocycles. The standard InChI is InChI=1S/C15H18N2O4/c1-10-9-20-11(2)7-16(10)14(18)8-17-12-5-3-4-6-13(12)21-15(17)19/h3-6,10-11H,7-9H2,1-2H3/t10-,11+/m0/s1. The van der Waals surface area contributed by atoms with Crippen LogP contribution < -0.4 is 5.76 Å². The molecule has 0 unspecified atom stereocenters. The molecule has 0 spiro atoms. The molecule has 0 aliphatic carbocycles. The van der Waals surface area contributed by atoms with Crippen molar-refractivity contribution < 1.29 is 13.9 Å². The van der Waals surface area contributed by atoms with Gasteiger partial charge in [-0.1, -0.05) is 12.1 Å². The van der Waals surface area contributed by atoms with Crippen LogP contribution in [0.4, 0.5) is 0 Å². The van der Waals surface area contributed by atoms with Gasteiger partial charge in [0.15, 0.2) is 5.58 Å². The summed E-state index contributed by atoms with van der Waals surface area (Å²) in [6.45, 7) is 4.94. The molecule has 0 bridgehead atoms. The van der Waals surface area contributed by atoms with E-state index in [4.69, 9.17) is 9.15 Å². The molecule has 2 atom stereocenters. The van der Waals surface area contributed by atoms with Crippen LogP contribution in [-0.2, 0) is 16.1 Å². The largest absolute Gasteiger partial charge is 0.420 e. The van der Waals surface area contributed by atoms with Crippen LogP contribution in [0.3, 0.4) is 0 Å². The van der Waals surface area contributed by atoms with Crippen LogP contribution >= 0.6 is 0 Å². The van der Waals surface area contributed by atoms with E-state index in [1.54, 1.807) is 23.1 Å². The number of para-hydroxylation sites is 2. The van der Waals surface area contributed by atoms with Gasteiger partial charge in [0.25, 0.3) is 0 Å². The SMILES string of the molecule is C[C@@H]1CN(C(=O)Cn2c(=O)oc3ccccc32)[C@@H](C)CO1. The fraction of sp³-hybridized carbons (Fsp3) is 0.467. The van der Waals surface area contributed by atoms with Gasteiger partial charge < -0.3 is 14.1 Å². The highest BCUT2D eigenvalue weighted by atomic mass is 16.5. The average Bonchev–Trinajstić information content (AvgIpc) is 2.78. The minimum atomic E-state index is -0.501. The highest BCUT2D eigenvalue weighted by molar-refractivity contribution is 5.80. The van der Waals surface area contributed by atoms with Crippen molar-refractivity contribution in [3.05, 3.63) is 34.8 Å². The number of benzene rings is 1. The lowest BCUT2D eigenvalue weighted by atomic mass is 10.2. The van der Waals surface area contributed by atoms with Crippen molar-refractivity contribution in [2.45, 2.75) is 32.5 Å². The number of hydrogen-bond acceptors (Lipinski definition) is 4. The van der Waals surface area contributed by atoms with Gasteiger partial charge in [-0.15, -0.1) is 0 Å². The number of morpholine rings is 1. The van der Waals surface area contributed by atoms with Crippen LogP contribution in [0.5, 0.6) is 0 Å². The van der Waals surface area contributed by atoms with Gasteiger partial charge >= 0.3 is 5.76 Å². The van der Waals surface area contributed by atoms with Crippen LogP contribution in [0.1, 0.15) is 13.8 Å². The maximum atomic E-state index is 12.5. The van der Waals surface area contributed by atoms with Gasteiger partial charge in [-0.3, -0.25) is 9.36 Å². The second kappa shape index (κ2) is 5.37. The number of carbonyl (C=O) groups excluding carboxylic acids is 1. The molecule has 1 aromatic heterocycles. The fourth-order valence-electron chi connectivity index (χ4n) is 2.64. The lowest BCUT2D eigenvalue weighted by Gasteiger charge is -2.36. The maximum absolute atomic E-state index is 12.5. The zero-order valence-electron chi connectivity index (χ0n) is 12.1.